The quantitative estimate of drug-likeness (QED) is 0.758. The lowest BCUT2D eigenvalue weighted by molar-refractivity contribution is 0.469. The molecule has 0 radical (unpaired) electrons. The van der Waals surface area contributed by atoms with Crippen LogP contribution in [0.2, 0.25) is 0 Å². The van der Waals surface area contributed by atoms with E-state index < -0.39 is 5.82 Å². The third-order valence-electron chi connectivity index (χ3n) is 4.49. The highest BCUT2D eigenvalue weighted by molar-refractivity contribution is 5.64. The van der Waals surface area contributed by atoms with Gasteiger partial charge in [-0.1, -0.05) is 37.3 Å². The van der Waals surface area contributed by atoms with Crippen LogP contribution in [-0.4, -0.2) is 14.7 Å². The number of benzene rings is 2. The molecule has 0 aliphatic rings. The van der Waals surface area contributed by atoms with Crippen molar-refractivity contribution in [3.8, 4) is 17.1 Å². The smallest absolute Gasteiger partial charge is 0.257 e. The van der Waals surface area contributed by atoms with Crippen molar-refractivity contribution in [2.75, 3.05) is 0 Å². The van der Waals surface area contributed by atoms with Crippen LogP contribution >= 0.6 is 0 Å². The van der Waals surface area contributed by atoms with E-state index in [4.69, 9.17) is 0 Å². The van der Waals surface area contributed by atoms with Gasteiger partial charge >= 0.3 is 0 Å². The molecule has 134 valence electrons. The summed E-state index contributed by atoms with van der Waals surface area (Å²) in [5, 5.41) is 10.2. The van der Waals surface area contributed by atoms with Crippen molar-refractivity contribution in [2.45, 2.75) is 33.2 Å². The number of hydrogen-bond acceptors (Lipinski definition) is 3. The number of halogens is 1. The monoisotopic (exact) mass is 352 g/mol. The molecule has 0 bridgehead atoms. The summed E-state index contributed by atoms with van der Waals surface area (Å²) in [5.41, 5.74) is 2.62. The lowest BCUT2D eigenvalue weighted by Gasteiger charge is -2.16. The van der Waals surface area contributed by atoms with E-state index in [1.54, 1.807) is 11.5 Å². The van der Waals surface area contributed by atoms with E-state index in [1.165, 1.54) is 12.1 Å². The molecule has 0 atom stereocenters. The first-order valence-corrected chi connectivity index (χ1v) is 8.64. The van der Waals surface area contributed by atoms with Gasteiger partial charge in [-0.25, -0.2) is 9.37 Å². The third kappa shape index (κ3) is 3.52. The standard InChI is InChI=1S/C21H21FN2O2/c1-3-17-14(2)23-20(18-10-9-16(22)13-19(18)25)24(21(17)26)12-11-15-7-5-4-6-8-15/h4-10,13,25H,3,11-12H2,1-2H3. The van der Waals surface area contributed by atoms with Gasteiger partial charge in [-0.15, -0.1) is 0 Å². The molecule has 2 aromatic carbocycles. The summed E-state index contributed by atoms with van der Waals surface area (Å²) >= 11 is 0. The van der Waals surface area contributed by atoms with Crippen LogP contribution in [0.25, 0.3) is 11.4 Å². The highest BCUT2D eigenvalue weighted by Crippen LogP contribution is 2.28. The molecule has 1 aromatic heterocycles. The average molecular weight is 352 g/mol. The molecular formula is C21H21FN2O2. The molecule has 0 saturated carbocycles. The Balaban J connectivity index is 2.12. The summed E-state index contributed by atoms with van der Waals surface area (Å²) in [6, 6.07) is 13.6. The van der Waals surface area contributed by atoms with Crippen molar-refractivity contribution in [1.29, 1.82) is 0 Å². The summed E-state index contributed by atoms with van der Waals surface area (Å²) in [4.78, 5) is 17.5. The van der Waals surface area contributed by atoms with Gasteiger partial charge in [-0.05, 0) is 37.5 Å². The van der Waals surface area contributed by atoms with Gasteiger partial charge in [0.2, 0.25) is 0 Å². The summed E-state index contributed by atoms with van der Waals surface area (Å²) in [7, 11) is 0. The van der Waals surface area contributed by atoms with Crippen LogP contribution < -0.4 is 5.56 Å². The van der Waals surface area contributed by atoms with E-state index in [0.29, 0.717) is 42.0 Å². The zero-order valence-electron chi connectivity index (χ0n) is 14.9. The molecule has 4 nitrogen and oxygen atoms in total. The second kappa shape index (κ2) is 7.52. The highest BCUT2D eigenvalue weighted by atomic mass is 19.1. The molecule has 0 aliphatic heterocycles. The predicted octanol–water partition coefficient (Wildman–Crippen LogP) is 3.87. The summed E-state index contributed by atoms with van der Waals surface area (Å²) in [5.74, 6) is -0.404. The molecule has 0 spiro atoms. The van der Waals surface area contributed by atoms with E-state index in [-0.39, 0.29) is 11.3 Å². The molecular weight excluding hydrogens is 331 g/mol. The minimum atomic E-state index is -0.536. The van der Waals surface area contributed by atoms with E-state index in [0.717, 1.165) is 11.6 Å². The second-order valence-electron chi connectivity index (χ2n) is 6.21. The molecule has 26 heavy (non-hydrogen) atoms. The van der Waals surface area contributed by atoms with E-state index in [2.05, 4.69) is 4.98 Å². The molecule has 3 aromatic rings. The zero-order valence-corrected chi connectivity index (χ0v) is 14.9. The molecule has 0 fully saturated rings. The average Bonchev–Trinajstić information content (AvgIpc) is 2.62. The molecule has 0 amide bonds. The van der Waals surface area contributed by atoms with Crippen LogP contribution in [0.15, 0.2) is 53.3 Å². The van der Waals surface area contributed by atoms with Crippen molar-refractivity contribution in [2.24, 2.45) is 0 Å². The van der Waals surface area contributed by atoms with Gasteiger partial charge in [0.05, 0.1) is 5.56 Å². The Morgan fingerprint density at radius 2 is 1.88 bits per heavy atom. The lowest BCUT2D eigenvalue weighted by atomic mass is 10.1. The molecule has 0 saturated heterocycles. The Labute approximate surface area is 151 Å². The maximum Gasteiger partial charge on any atom is 0.257 e. The summed E-state index contributed by atoms with van der Waals surface area (Å²) < 4.78 is 14.9. The molecule has 1 heterocycles. The van der Waals surface area contributed by atoms with Gasteiger partial charge in [-0.2, -0.15) is 0 Å². The number of nitrogens with zero attached hydrogens (tertiary/aromatic N) is 2. The Bertz CT molecular complexity index is 981. The van der Waals surface area contributed by atoms with Crippen molar-refractivity contribution < 1.29 is 9.50 Å². The number of aromatic hydroxyl groups is 1. The minimum Gasteiger partial charge on any atom is -0.507 e. The van der Waals surface area contributed by atoms with Crippen LogP contribution in [-0.2, 0) is 19.4 Å². The Morgan fingerprint density at radius 3 is 2.54 bits per heavy atom. The van der Waals surface area contributed by atoms with Gasteiger partial charge < -0.3 is 5.11 Å². The maximum absolute atomic E-state index is 13.4. The minimum absolute atomic E-state index is 0.116. The van der Waals surface area contributed by atoms with E-state index in [1.807, 2.05) is 37.3 Å². The van der Waals surface area contributed by atoms with Gasteiger partial charge in [0.1, 0.15) is 17.4 Å². The Morgan fingerprint density at radius 1 is 1.15 bits per heavy atom. The van der Waals surface area contributed by atoms with Gasteiger partial charge in [0, 0.05) is 23.9 Å². The Kier molecular flexibility index (Phi) is 5.16. The normalized spacial score (nSPS) is 10.9. The Hall–Kier alpha value is -2.95. The zero-order chi connectivity index (χ0) is 18.7. The molecule has 1 N–H and O–H groups in total. The first-order chi connectivity index (χ1) is 12.5. The number of phenolic OH excluding ortho intramolecular Hbond substituents is 1. The number of phenols is 1. The van der Waals surface area contributed by atoms with Gasteiger partial charge in [0.25, 0.3) is 5.56 Å². The van der Waals surface area contributed by atoms with Crippen LogP contribution in [0.5, 0.6) is 5.75 Å². The third-order valence-corrected chi connectivity index (χ3v) is 4.49. The summed E-state index contributed by atoms with van der Waals surface area (Å²) in [6.07, 6.45) is 1.24. The van der Waals surface area contributed by atoms with Crippen molar-refractivity contribution >= 4 is 0 Å². The second-order valence-corrected chi connectivity index (χ2v) is 6.21. The first kappa shape index (κ1) is 17.9. The number of aromatic nitrogens is 2. The lowest BCUT2D eigenvalue weighted by Crippen LogP contribution is -2.28. The number of hydrogen-bond donors (Lipinski definition) is 1. The van der Waals surface area contributed by atoms with Crippen LogP contribution in [0.1, 0.15) is 23.7 Å². The van der Waals surface area contributed by atoms with Crippen LogP contribution in [0.3, 0.4) is 0 Å². The van der Waals surface area contributed by atoms with Crippen molar-refractivity contribution in [1.82, 2.24) is 9.55 Å². The fourth-order valence-electron chi connectivity index (χ4n) is 3.10. The van der Waals surface area contributed by atoms with Crippen molar-refractivity contribution in [3.63, 3.8) is 0 Å². The van der Waals surface area contributed by atoms with Gasteiger partial charge in [-0.3, -0.25) is 9.36 Å². The van der Waals surface area contributed by atoms with Crippen molar-refractivity contribution in [3.05, 3.63) is 81.5 Å². The molecule has 5 heteroatoms. The predicted molar refractivity (Wildman–Crippen MR) is 99.8 cm³/mol. The fraction of sp³-hybridized carbons (Fsp3) is 0.238. The highest BCUT2D eigenvalue weighted by Gasteiger charge is 2.17. The molecule has 0 unspecified atom stereocenters. The SMILES string of the molecule is CCc1c(C)nc(-c2ccc(F)cc2O)n(CCc2ccccc2)c1=O. The molecule has 0 aliphatic carbocycles. The largest absolute Gasteiger partial charge is 0.507 e. The topological polar surface area (TPSA) is 55.1 Å². The summed E-state index contributed by atoms with van der Waals surface area (Å²) in [6.45, 7) is 4.13. The maximum atomic E-state index is 13.4. The van der Waals surface area contributed by atoms with E-state index >= 15 is 0 Å². The van der Waals surface area contributed by atoms with Crippen LogP contribution in [0, 0.1) is 12.7 Å². The number of rotatable bonds is 5. The van der Waals surface area contributed by atoms with Crippen LogP contribution in [0.4, 0.5) is 4.39 Å². The number of aryl methyl sites for hydroxylation is 2. The fourth-order valence-corrected chi connectivity index (χ4v) is 3.10. The molecule has 3 rings (SSSR count). The first-order valence-electron chi connectivity index (χ1n) is 8.64. The van der Waals surface area contributed by atoms with Gasteiger partial charge in [0.15, 0.2) is 0 Å². The van der Waals surface area contributed by atoms with E-state index in [9.17, 15) is 14.3 Å².